The highest BCUT2D eigenvalue weighted by molar-refractivity contribution is 5.81. The number of anilines is 1. The normalized spacial score (nSPS) is 16.2. The molecule has 1 atom stereocenters. The molecule has 0 spiro atoms. The zero-order valence-electron chi connectivity index (χ0n) is 15.6. The lowest BCUT2D eigenvalue weighted by Gasteiger charge is -2.24. The van der Waals surface area contributed by atoms with Crippen LogP contribution in [-0.4, -0.2) is 32.7 Å². The van der Waals surface area contributed by atoms with Crippen molar-refractivity contribution < 1.29 is 14.4 Å². The SMILES string of the molecule is COc1ccccc1NCC(=O)NNC1=CC[NH+](Cc2ccccc2)CC1. The minimum absolute atomic E-state index is 0.124. The fourth-order valence-electron chi connectivity index (χ4n) is 3.10. The Labute approximate surface area is 160 Å². The van der Waals surface area contributed by atoms with Crippen molar-refractivity contribution in [3.8, 4) is 5.75 Å². The lowest BCUT2D eigenvalue weighted by atomic mass is 10.1. The monoisotopic (exact) mass is 367 g/mol. The molecule has 6 nitrogen and oxygen atoms in total. The van der Waals surface area contributed by atoms with Crippen LogP contribution in [0.15, 0.2) is 66.4 Å². The summed E-state index contributed by atoms with van der Waals surface area (Å²) in [6.07, 6.45) is 3.08. The van der Waals surface area contributed by atoms with Crippen molar-refractivity contribution in [3.05, 3.63) is 71.9 Å². The number of hydrazine groups is 1. The number of amides is 1. The lowest BCUT2D eigenvalue weighted by Crippen LogP contribution is -3.11. The van der Waals surface area contributed by atoms with Crippen LogP contribution in [0.4, 0.5) is 5.69 Å². The minimum Gasteiger partial charge on any atom is -0.495 e. The molecule has 27 heavy (non-hydrogen) atoms. The zero-order chi connectivity index (χ0) is 18.9. The van der Waals surface area contributed by atoms with Crippen LogP contribution in [0.25, 0.3) is 0 Å². The van der Waals surface area contributed by atoms with Crippen molar-refractivity contribution in [3.63, 3.8) is 0 Å². The molecule has 142 valence electrons. The highest BCUT2D eigenvalue weighted by Crippen LogP contribution is 2.22. The molecule has 0 aliphatic carbocycles. The van der Waals surface area contributed by atoms with E-state index in [9.17, 15) is 4.79 Å². The first-order valence-corrected chi connectivity index (χ1v) is 9.23. The van der Waals surface area contributed by atoms with Gasteiger partial charge in [0.15, 0.2) is 0 Å². The number of quaternary nitrogens is 1. The number of hydrogen-bond donors (Lipinski definition) is 4. The second-order valence-electron chi connectivity index (χ2n) is 6.57. The van der Waals surface area contributed by atoms with Crippen LogP contribution < -0.4 is 25.8 Å². The maximum atomic E-state index is 12.1. The van der Waals surface area contributed by atoms with Crippen molar-refractivity contribution in [2.45, 2.75) is 13.0 Å². The number of carbonyl (C=O) groups excluding carboxylic acids is 1. The van der Waals surface area contributed by atoms with Gasteiger partial charge in [0.25, 0.3) is 5.91 Å². The van der Waals surface area contributed by atoms with Gasteiger partial charge in [0.2, 0.25) is 0 Å². The zero-order valence-corrected chi connectivity index (χ0v) is 15.6. The van der Waals surface area contributed by atoms with E-state index in [2.05, 4.69) is 46.5 Å². The van der Waals surface area contributed by atoms with Gasteiger partial charge in [-0.15, -0.1) is 0 Å². The fourth-order valence-corrected chi connectivity index (χ4v) is 3.10. The van der Waals surface area contributed by atoms with E-state index in [1.54, 1.807) is 7.11 Å². The molecule has 0 saturated carbocycles. The Kier molecular flexibility index (Phi) is 6.71. The topological polar surface area (TPSA) is 66.8 Å². The third kappa shape index (κ3) is 5.76. The molecule has 2 aromatic carbocycles. The van der Waals surface area contributed by atoms with Crippen molar-refractivity contribution in [2.75, 3.05) is 32.1 Å². The van der Waals surface area contributed by atoms with Crippen LogP contribution >= 0.6 is 0 Å². The molecule has 0 radical (unpaired) electrons. The molecule has 0 aromatic heterocycles. The van der Waals surface area contributed by atoms with E-state index in [1.807, 2.05) is 30.3 Å². The van der Waals surface area contributed by atoms with Crippen molar-refractivity contribution >= 4 is 11.6 Å². The first-order valence-electron chi connectivity index (χ1n) is 9.23. The quantitative estimate of drug-likeness (QED) is 0.528. The minimum atomic E-state index is -0.124. The van der Waals surface area contributed by atoms with Crippen LogP contribution in [0.1, 0.15) is 12.0 Å². The third-order valence-electron chi connectivity index (χ3n) is 4.59. The summed E-state index contributed by atoms with van der Waals surface area (Å²) in [4.78, 5) is 13.6. The van der Waals surface area contributed by atoms with Gasteiger partial charge >= 0.3 is 0 Å². The highest BCUT2D eigenvalue weighted by Gasteiger charge is 2.15. The van der Waals surface area contributed by atoms with E-state index in [-0.39, 0.29) is 12.5 Å². The largest absolute Gasteiger partial charge is 0.495 e. The Morgan fingerprint density at radius 1 is 1.11 bits per heavy atom. The average Bonchev–Trinajstić information content (AvgIpc) is 2.72. The molecule has 1 unspecified atom stereocenters. The highest BCUT2D eigenvalue weighted by atomic mass is 16.5. The summed E-state index contributed by atoms with van der Waals surface area (Å²) in [5.41, 5.74) is 9.02. The first-order chi connectivity index (χ1) is 13.2. The molecule has 1 heterocycles. The van der Waals surface area contributed by atoms with E-state index in [0.29, 0.717) is 0 Å². The Balaban J connectivity index is 1.39. The number of para-hydroxylation sites is 2. The van der Waals surface area contributed by atoms with Crippen molar-refractivity contribution in [2.24, 2.45) is 0 Å². The van der Waals surface area contributed by atoms with Crippen LogP contribution in [0, 0.1) is 0 Å². The van der Waals surface area contributed by atoms with Gasteiger partial charge in [0, 0.05) is 17.7 Å². The molecule has 3 rings (SSSR count). The molecule has 1 aliphatic rings. The van der Waals surface area contributed by atoms with Crippen molar-refractivity contribution in [1.29, 1.82) is 0 Å². The summed E-state index contributed by atoms with van der Waals surface area (Å²) in [5.74, 6) is 0.593. The predicted molar refractivity (Wildman–Crippen MR) is 106 cm³/mol. The molecule has 0 saturated heterocycles. The van der Waals surface area contributed by atoms with Crippen LogP contribution in [0.3, 0.4) is 0 Å². The van der Waals surface area contributed by atoms with Crippen LogP contribution in [-0.2, 0) is 11.3 Å². The molecule has 1 amide bonds. The molecular weight excluding hydrogens is 340 g/mol. The number of nitrogens with one attached hydrogen (secondary N) is 4. The van der Waals surface area contributed by atoms with Crippen LogP contribution in [0.2, 0.25) is 0 Å². The summed E-state index contributed by atoms with van der Waals surface area (Å²) >= 11 is 0. The number of rotatable bonds is 8. The number of hydrogen-bond acceptors (Lipinski definition) is 4. The van der Waals surface area contributed by atoms with Gasteiger partial charge in [-0.3, -0.25) is 10.2 Å². The standard InChI is InChI=1S/C21H26N4O2/c1-27-20-10-6-5-9-19(20)22-15-21(26)24-23-18-11-13-25(14-12-18)16-17-7-3-2-4-8-17/h2-11,22-23H,12-16H2,1H3,(H,24,26)/p+1. The van der Waals surface area contributed by atoms with E-state index in [1.165, 1.54) is 10.5 Å². The summed E-state index contributed by atoms with van der Waals surface area (Å²) in [6, 6.07) is 18.1. The second-order valence-corrected chi connectivity index (χ2v) is 6.57. The Morgan fingerprint density at radius 3 is 2.63 bits per heavy atom. The molecule has 0 bridgehead atoms. The van der Waals surface area contributed by atoms with Gasteiger partial charge in [-0.05, 0) is 18.2 Å². The van der Waals surface area contributed by atoms with Gasteiger partial charge in [0.05, 0.1) is 32.4 Å². The van der Waals surface area contributed by atoms with Gasteiger partial charge in [-0.2, -0.15) is 0 Å². The fraction of sp³-hybridized carbons (Fsp3) is 0.286. The van der Waals surface area contributed by atoms with Gasteiger partial charge in [-0.1, -0.05) is 42.5 Å². The Morgan fingerprint density at radius 2 is 1.89 bits per heavy atom. The molecule has 0 fully saturated rings. The summed E-state index contributed by atoms with van der Waals surface area (Å²) in [7, 11) is 1.61. The van der Waals surface area contributed by atoms with Gasteiger partial charge in [-0.25, -0.2) is 0 Å². The lowest BCUT2D eigenvalue weighted by molar-refractivity contribution is -0.909. The number of methoxy groups -OCH3 is 1. The first kappa shape index (κ1) is 18.8. The summed E-state index contributed by atoms with van der Waals surface area (Å²) in [5, 5.41) is 3.09. The van der Waals surface area contributed by atoms with E-state index in [0.717, 1.165) is 43.2 Å². The predicted octanol–water partition coefficient (Wildman–Crippen LogP) is 1.10. The number of carbonyl (C=O) groups is 1. The number of benzene rings is 2. The molecule has 2 aromatic rings. The molecule has 1 aliphatic heterocycles. The van der Waals surface area contributed by atoms with Crippen molar-refractivity contribution in [1.82, 2.24) is 10.9 Å². The van der Waals surface area contributed by atoms with E-state index in [4.69, 9.17) is 4.74 Å². The Bertz CT molecular complexity index is 777. The number of ether oxygens (including phenoxy) is 1. The third-order valence-corrected chi connectivity index (χ3v) is 4.59. The Hall–Kier alpha value is -2.99. The van der Waals surface area contributed by atoms with Gasteiger partial charge in [0.1, 0.15) is 12.3 Å². The summed E-state index contributed by atoms with van der Waals surface area (Å²) in [6.45, 7) is 3.20. The van der Waals surface area contributed by atoms with E-state index < -0.39 is 0 Å². The second kappa shape index (κ2) is 9.64. The smallest absolute Gasteiger partial charge is 0.257 e. The average molecular weight is 367 g/mol. The molecule has 6 heteroatoms. The van der Waals surface area contributed by atoms with Crippen LogP contribution in [0.5, 0.6) is 5.75 Å². The molecular formula is C21H27N4O2+. The molecule has 4 N–H and O–H groups in total. The van der Waals surface area contributed by atoms with Gasteiger partial charge < -0.3 is 20.4 Å². The maximum absolute atomic E-state index is 12.1. The maximum Gasteiger partial charge on any atom is 0.257 e. The summed E-state index contributed by atoms with van der Waals surface area (Å²) < 4.78 is 5.26. The van der Waals surface area contributed by atoms with E-state index >= 15 is 0 Å².